The van der Waals surface area contributed by atoms with Crippen molar-refractivity contribution >= 4 is 0 Å². The third kappa shape index (κ3) is 5.39. The lowest BCUT2D eigenvalue weighted by Gasteiger charge is -2.36. The Morgan fingerprint density at radius 2 is 1.25 bits per heavy atom. The lowest BCUT2D eigenvalue weighted by atomic mass is 9.70. The Bertz CT molecular complexity index is 2060. The summed E-state index contributed by atoms with van der Waals surface area (Å²) in [6, 6.07) is 9.00. The maximum absolute atomic E-state index is 10.4. The van der Waals surface area contributed by atoms with Crippen LogP contribution in [0.15, 0.2) is 37.4 Å². The molecule has 2 aliphatic carbocycles. The first kappa shape index (κ1) is 36.0. The molecule has 0 aromatic heterocycles. The zero-order valence-electron chi connectivity index (χ0n) is 31.9. The van der Waals surface area contributed by atoms with Crippen LogP contribution in [0.25, 0.3) is 0 Å². The van der Waals surface area contributed by atoms with Gasteiger partial charge in [-0.25, -0.2) is 0 Å². The van der Waals surface area contributed by atoms with Crippen molar-refractivity contribution in [1.29, 1.82) is 10.5 Å². The smallest absolute Gasteiger partial charge is 0.189 e. The molecule has 8 nitrogen and oxygen atoms in total. The van der Waals surface area contributed by atoms with Gasteiger partial charge in [-0.05, 0) is 97.1 Å². The van der Waals surface area contributed by atoms with E-state index in [1.165, 1.54) is 22.3 Å². The second-order valence-electron chi connectivity index (χ2n) is 15.9. The zero-order chi connectivity index (χ0) is 37.2. The maximum atomic E-state index is 10.4. The van der Waals surface area contributed by atoms with Gasteiger partial charge in [0.15, 0.2) is 34.5 Å². The van der Waals surface area contributed by atoms with Gasteiger partial charge in [-0.1, -0.05) is 39.8 Å². The molecule has 0 fully saturated rings. The average Bonchev–Trinajstić information content (AvgIpc) is 3.43. The highest BCUT2D eigenvalue weighted by atomic mass is 16.6. The van der Waals surface area contributed by atoms with Gasteiger partial charge in [-0.15, -0.1) is 13.2 Å². The van der Waals surface area contributed by atoms with Gasteiger partial charge in [-0.2, -0.15) is 10.5 Å². The minimum atomic E-state index is -0.413. The summed E-state index contributed by atoms with van der Waals surface area (Å²) in [6.07, 6.45) is 5.55. The summed E-state index contributed by atoms with van der Waals surface area (Å²) in [5.74, 6) is 3.24. The predicted molar refractivity (Wildman–Crippen MR) is 201 cm³/mol. The van der Waals surface area contributed by atoms with Crippen LogP contribution in [0, 0.1) is 36.5 Å². The number of fused-ring (bicyclic) bond motifs is 6. The van der Waals surface area contributed by atoms with E-state index in [0.29, 0.717) is 71.4 Å². The molecule has 0 bridgehead atoms. The van der Waals surface area contributed by atoms with Crippen molar-refractivity contribution in [1.82, 2.24) is 9.80 Å². The summed E-state index contributed by atoms with van der Waals surface area (Å²) in [5.41, 5.74) is 8.44. The quantitative estimate of drug-likeness (QED) is 0.153. The van der Waals surface area contributed by atoms with Crippen LogP contribution in [0.4, 0.5) is 0 Å². The molecule has 0 saturated carbocycles. The molecule has 3 aromatic rings. The summed E-state index contributed by atoms with van der Waals surface area (Å²) in [4.78, 5) is 4.48. The first-order valence-electron chi connectivity index (χ1n) is 17.6. The largest absolute Gasteiger partial charge is 0.493 e. The van der Waals surface area contributed by atoms with Crippen LogP contribution < -0.4 is 18.9 Å². The van der Waals surface area contributed by atoms with Gasteiger partial charge >= 0.3 is 0 Å². The van der Waals surface area contributed by atoms with Crippen LogP contribution in [0.3, 0.4) is 0 Å². The van der Waals surface area contributed by atoms with Crippen molar-refractivity contribution < 1.29 is 18.9 Å². The molecule has 1 spiro atoms. The van der Waals surface area contributed by atoms with Crippen LogP contribution in [0.5, 0.6) is 34.5 Å². The minimum Gasteiger partial charge on any atom is -0.493 e. The molecule has 3 aliphatic rings. The highest BCUT2D eigenvalue weighted by molar-refractivity contribution is 5.75. The first-order valence-corrected chi connectivity index (χ1v) is 17.6. The van der Waals surface area contributed by atoms with Crippen LogP contribution in [-0.4, -0.2) is 51.2 Å². The second kappa shape index (κ2) is 12.8. The number of hydrogen-bond donors (Lipinski definition) is 0. The molecular formula is C43H50N4O4. The van der Waals surface area contributed by atoms with E-state index >= 15 is 0 Å². The minimum absolute atomic E-state index is 0.202. The van der Waals surface area contributed by atoms with Gasteiger partial charge in [0.05, 0.1) is 14.2 Å². The zero-order valence-corrected chi connectivity index (χ0v) is 31.9. The molecule has 1 heterocycles. The van der Waals surface area contributed by atoms with Crippen molar-refractivity contribution in [2.24, 2.45) is 0 Å². The highest BCUT2D eigenvalue weighted by Gasteiger charge is 2.59. The Balaban J connectivity index is 1.73. The molecule has 0 radical (unpaired) electrons. The number of nitrogens with zero attached hydrogens (tertiary/aromatic N) is 4. The van der Waals surface area contributed by atoms with Gasteiger partial charge in [-0.3, -0.25) is 9.80 Å². The normalized spacial score (nSPS) is 18.5. The molecule has 0 amide bonds. The molecule has 8 heteroatoms. The van der Waals surface area contributed by atoms with Crippen molar-refractivity contribution in [3.8, 4) is 46.6 Å². The van der Waals surface area contributed by atoms with Gasteiger partial charge in [0.25, 0.3) is 0 Å². The van der Waals surface area contributed by atoms with Crippen LogP contribution >= 0.6 is 0 Å². The van der Waals surface area contributed by atoms with Crippen molar-refractivity contribution in [3.63, 3.8) is 0 Å². The number of ether oxygens (including phenoxy) is 4. The van der Waals surface area contributed by atoms with E-state index in [-0.39, 0.29) is 10.8 Å². The Morgan fingerprint density at radius 1 is 0.765 bits per heavy atom. The van der Waals surface area contributed by atoms with Gasteiger partial charge in [0, 0.05) is 42.7 Å². The second-order valence-corrected chi connectivity index (χ2v) is 15.9. The summed E-state index contributed by atoms with van der Waals surface area (Å²) in [7, 11) is 7.61. The van der Waals surface area contributed by atoms with Crippen LogP contribution in [0.1, 0.15) is 96.2 Å². The number of rotatable bonds is 10. The number of methoxy groups -OCH3 is 2. The molecule has 1 aliphatic heterocycles. The fraction of sp³-hybridized carbons (Fsp3) is 0.442. The average molecular weight is 687 g/mol. The Kier molecular flexibility index (Phi) is 9.03. The molecule has 266 valence electrons. The topological polar surface area (TPSA) is 91.0 Å². The van der Waals surface area contributed by atoms with Crippen molar-refractivity contribution in [3.05, 3.63) is 93.1 Å². The molecule has 0 saturated heterocycles. The van der Waals surface area contributed by atoms with Crippen LogP contribution in [0.2, 0.25) is 0 Å². The summed E-state index contributed by atoms with van der Waals surface area (Å²) in [6.45, 7) is 23.6. The molecule has 0 N–H and O–H groups in total. The summed E-state index contributed by atoms with van der Waals surface area (Å²) < 4.78 is 25.8. The summed E-state index contributed by atoms with van der Waals surface area (Å²) >= 11 is 0. The Hall–Kier alpha value is -4.76. The maximum Gasteiger partial charge on any atom is 0.189 e. The molecule has 51 heavy (non-hydrogen) atoms. The SMILES string of the molecule is C=CCN(C)Cc1c(OC)c(OC)cc2c1C1(CC2(C)C)CC(C)(C)c2cc3c(c(CN(C)CC=C)c21)Oc1c(C#N)c(C)c(C)c(C#N)c1O3. The number of likely N-dealkylation sites (N-methyl/N-ethyl adjacent to an activating group) is 2. The van der Waals surface area contributed by atoms with E-state index in [1.54, 1.807) is 14.2 Å². The van der Waals surface area contributed by atoms with Crippen molar-refractivity contribution in [2.75, 3.05) is 41.4 Å². The van der Waals surface area contributed by atoms with Gasteiger partial charge in [0.2, 0.25) is 0 Å². The van der Waals surface area contributed by atoms with Crippen LogP contribution in [-0.2, 0) is 29.3 Å². The number of hydrogen-bond acceptors (Lipinski definition) is 8. The molecule has 6 rings (SSSR count). The monoisotopic (exact) mass is 686 g/mol. The van der Waals surface area contributed by atoms with E-state index in [2.05, 4.69) is 89.0 Å². The lowest BCUT2D eigenvalue weighted by Crippen LogP contribution is -2.31. The highest BCUT2D eigenvalue weighted by Crippen LogP contribution is 2.68. The molecule has 1 atom stereocenters. The fourth-order valence-corrected chi connectivity index (χ4v) is 9.38. The molecule has 1 unspecified atom stereocenters. The van der Waals surface area contributed by atoms with E-state index in [1.807, 2.05) is 26.0 Å². The lowest BCUT2D eigenvalue weighted by molar-refractivity contribution is 0.315. The van der Waals surface area contributed by atoms with Gasteiger partial charge in [0.1, 0.15) is 23.3 Å². The van der Waals surface area contributed by atoms with E-state index in [4.69, 9.17) is 18.9 Å². The number of nitriles is 2. The Morgan fingerprint density at radius 3 is 1.75 bits per heavy atom. The van der Waals surface area contributed by atoms with E-state index < -0.39 is 5.41 Å². The summed E-state index contributed by atoms with van der Waals surface area (Å²) in [5, 5.41) is 20.6. The molecule has 3 aromatic carbocycles. The van der Waals surface area contributed by atoms with Crippen molar-refractivity contribution in [2.45, 2.75) is 83.7 Å². The van der Waals surface area contributed by atoms with Gasteiger partial charge < -0.3 is 18.9 Å². The standard InChI is InChI=1S/C43H50N4O4/c1-13-15-46(9)21-29-35-31(17-33(48-11)37(29)49-12)41(5,6)23-43(35)24-42(7,8)32-18-34-38(30(36(32)43)22-47(10)16-14-2)51-40-28(20-45)26(4)25(3)27(19-44)39(40)50-34/h13-14,17-18H,1-2,15-16,21-24H2,3-12H3. The third-order valence-corrected chi connectivity index (χ3v) is 11.4. The van der Waals surface area contributed by atoms with E-state index in [0.717, 1.165) is 35.5 Å². The first-order chi connectivity index (χ1) is 24.1. The van der Waals surface area contributed by atoms with E-state index in [9.17, 15) is 10.5 Å². The molecular weight excluding hydrogens is 636 g/mol. The third-order valence-electron chi connectivity index (χ3n) is 11.4. The Labute approximate surface area is 303 Å². The predicted octanol–water partition coefficient (Wildman–Crippen LogP) is 8.85. The fourth-order valence-electron chi connectivity index (χ4n) is 9.38. The number of benzene rings is 3.